The van der Waals surface area contributed by atoms with Gasteiger partial charge in [0.25, 0.3) is 0 Å². The number of nitrogens with two attached hydrogens (primary N) is 1. The molecule has 1 aliphatic carbocycles. The van der Waals surface area contributed by atoms with Crippen molar-refractivity contribution < 1.29 is 0 Å². The summed E-state index contributed by atoms with van der Waals surface area (Å²) in [4.78, 5) is 2.26. The number of nitriles is 3. The first-order valence-electron chi connectivity index (χ1n) is 9.99. The van der Waals surface area contributed by atoms with E-state index in [2.05, 4.69) is 35.2 Å². The second kappa shape index (κ2) is 8.29. The molecule has 0 spiro atoms. The minimum absolute atomic E-state index is 0.0315. The Kier molecular flexibility index (Phi) is 5.53. The Bertz CT molecular complexity index is 1180. The third kappa shape index (κ3) is 3.47. The van der Waals surface area contributed by atoms with E-state index in [0.29, 0.717) is 18.1 Å². The van der Waals surface area contributed by atoms with Gasteiger partial charge in [0.05, 0.1) is 23.4 Å². The minimum atomic E-state index is -1.65. The fourth-order valence-electron chi connectivity index (χ4n) is 4.79. The highest BCUT2D eigenvalue weighted by Crippen LogP contribution is 2.54. The Hall–Kier alpha value is -3.56. The van der Waals surface area contributed by atoms with E-state index in [4.69, 9.17) is 17.3 Å². The van der Waals surface area contributed by atoms with Crippen molar-refractivity contribution in [3.05, 3.63) is 93.7 Å². The maximum absolute atomic E-state index is 10.2. The van der Waals surface area contributed by atoms with Crippen LogP contribution in [-0.2, 0) is 6.54 Å². The van der Waals surface area contributed by atoms with Crippen LogP contribution >= 0.6 is 11.6 Å². The van der Waals surface area contributed by atoms with Gasteiger partial charge >= 0.3 is 0 Å². The van der Waals surface area contributed by atoms with Crippen molar-refractivity contribution in [1.29, 1.82) is 15.8 Å². The predicted octanol–water partition coefficient (Wildman–Crippen LogP) is 4.27. The van der Waals surface area contributed by atoms with E-state index in [9.17, 15) is 15.8 Å². The summed E-state index contributed by atoms with van der Waals surface area (Å²) < 4.78 is 0. The van der Waals surface area contributed by atoms with Crippen LogP contribution in [-0.4, -0.2) is 18.0 Å². The molecule has 0 radical (unpaired) electrons. The summed E-state index contributed by atoms with van der Waals surface area (Å²) in [5, 5.41) is 30.7. The molecule has 0 bridgehead atoms. The number of halogens is 1. The molecule has 6 heteroatoms. The first kappa shape index (κ1) is 20.7. The van der Waals surface area contributed by atoms with E-state index in [0.717, 1.165) is 17.7 Å². The molecule has 1 aliphatic heterocycles. The maximum atomic E-state index is 10.2. The summed E-state index contributed by atoms with van der Waals surface area (Å²) >= 11 is 6.26. The zero-order chi connectivity index (χ0) is 22.0. The molecule has 0 unspecified atom stereocenters. The number of benzene rings is 2. The Labute approximate surface area is 186 Å². The normalized spacial score (nSPS) is 22.5. The number of nitrogens with zero attached hydrogens (tertiary/aromatic N) is 4. The molecule has 2 aromatic carbocycles. The second-order valence-electron chi connectivity index (χ2n) is 7.91. The standard InChI is InChI=1S/C25H20ClN5/c26-19-8-4-7-18(11-19)23-22-14-31(13-17-5-2-1-3-6-17)10-9-20(22)21(12-27)24(30)25(23,15-28)16-29/h1-9,11,22-23H,10,13-14,30H2/t22-,23+/m1/s1. The van der Waals surface area contributed by atoms with E-state index in [1.807, 2.05) is 36.4 Å². The van der Waals surface area contributed by atoms with Crippen LogP contribution in [0.15, 0.2) is 77.5 Å². The minimum Gasteiger partial charge on any atom is -0.399 e. The zero-order valence-electron chi connectivity index (χ0n) is 16.8. The molecule has 0 saturated heterocycles. The number of fused-ring (bicyclic) bond motifs is 1. The van der Waals surface area contributed by atoms with E-state index < -0.39 is 11.3 Å². The topological polar surface area (TPSA) is 101 Å². The Morgan fingerprint density at radius 3 is 2.45 bits per heavy atom. The van der Waals surface area contributed by atoms with E-state index in [-0.39, 0.29) is 17.2 Å². The van der Waals surface area contributed by atoms with Crippen LogP contribution in [0, 0.1) is 45.3 Å². The monoisotopic (exact) mass is 425 g/mol. The lowest BCUT2D eigenvalue weighted by Gasteiger charge is -2.45. The molecule has 4 rings (SSSR count). The highest BCUT2D eigenvalue weighted by atomic mass is 35.5. The molecule has 2 N–H and O–H groups in total. The summed E-state index contributed by atoms with van der Waals surface area (Å²) in [7, 11) is 0. The van der Waals surface area contributed by atoms with Crippen LogP contribution in [0.5, 0.6) is 0 Å². The number of rotatable bonds is 3. The number of allylic oxidation sites excluding steroid dienone is 2. The van der Waals surface area contributed by atoms with Crippen LogP contribution in [0.2, 0.25) is 5.02 Å². The third-order valence-electron chi connectivity index (χ3n) is 6.20. The van der Waals surface area contributed by atoms with Crippen molar-refractivity contribution >= 4 is 11.6 Å². The van der Waals surface area contributed by atoms with Gasteiger partial charge in [-0.05, 0) is 28.8 Å². The van der Waals surface area contributed by atoms with Crippen LogP contribution in [0.4, 0.5) is 0 Å². The Morgan fingerprint density at radius 2 is 1.81 bits per heavy atom. The summed E-state index contributed by atoms with van der Waals surface area (Å²) in [6.45, 7) is 1.99. The summed E-state index contributed by atoms with van der Waals surface area (Å²) in [6, 6.07) is 23.8. The zero-order valence-corrected chi connectivity index (χ0v) is 17.5. The van der Waals surface area contributed by atoms with Gasteiger partial charge in [-0.15, -0.1) is 0 Å². The lowest BCUT2D eigenvalue weighted by molar-refractivity contribution is 0.201. The van der Waals surface area contributed by atoms with Crippen molar-refractivity contribution in [3.63, 3.8) is 0 Å². The van der Waals surface area contributed by atoms with Gasteiger partial charge in [-0.25, -0.2) is 0 Å². The molecule has 1 heterocycles. The van der Waals surface area contributed by atoms with Gasteiger partial charge < -0.3 is 5.73 Å². The van der Waals surface area contributed by atoms with Crippen molar-refractivity contribution in [2.24, 2.45) is 17.1 Å². The molecular weight excluding hydrogens is 406 g/mol. The van der Waals surface area contributed by atoms with Gasteiger partial charge in [0, 0.05) is 36.5 Å². The highest BCUT2D eigenvalue weighted by molar-refractivity contribution is 6.30. The lowest BCUT2D eigenvalue weighted by atomic mass is 9.58. The summed E-state index contributed by atoms with van der Waals surface area (Å²) in [5.41, 5.74) is 7.75. The van der Waals surface area contributed by atoms with Crippen molar-refractivity contribution in [3.8, 4) is 18.2 Å². The van der Waals surface area contributed by atoms with Gasteiger partial charge in [0.1, 0.15) is 6.07 Å². The number of hydrogen-bond acceptors (Lipinski definition) is 5. The fraction of sp³-hybridized carbons (Fsp3) is 0.240. The third-order valence-corrected chi connectivity index (χ3v) is 6.43. The summed E-state index contributed by atoms with van der Waals surface area (Å²) in [5.74, 6) is -0.777. The molecule has 2 atom stereocenters. The predicted molar refractivity (Wildman–Crippen MR) is 118 cm³/mol. The van der Waals surface area contributed by atoms with Crippen molar-refractivity contribution in [1.82, 2.24) is 4.90 Å². The number of hydrogen-bond donors (Lipinski definition) is 1. The van der Waals surface area contributed by atoms with Gasteiger partial charge in [-0.3, -0.25) is 4.90 Å². The van der Waals surface area contributed by atoms with Crippen LogP contribution in [0.3, 0.4) is 0 Å². The molecule has 0 aromatic heterocycles. The van der Waals surface area contributed by atoms with Crippen LogP contribution in [0.1, 0.15) is 17.0 Å². The SMILES string of the molecule is N#CC1=C(N)C(C#N)(C#N)[C@@H](c2cccc(Cl)c2)[C@@H]2CN(Cc3ccccc3)CC=C12. The molecule has 31 heavy (non-hydrogen) atoms. The molecule has 0 amide bonds. The molecular formula is C25H20ClN5. The average Bonchev–Trinajstić information content (AvgIpc) is 2.79. The fourth-order valence-corrected chi connectivity index (χ4v) is 4.99. The highest BCUT2D eigenvalue weighted by Gasteiger charge is 2.54. The molecule has 2 aliphatic rings. The smallest absolute Gasteiger partial charge is 0.191 e. The van der Waals surface area contributed by atoms with E-state index in [1.54, 1.807) is 12.1 Å². The lowest BCUT2D eigenvalue weighted by Crippen LogP contribution is -2.47. The van der Waals surface area contributed by atoms with Gasteiger partial charge in [0.2, 0.25) is 0 Å². The van der Waals surface area contributed by atoms with Crippen molar-refractivity contribution in [2.45, 2.75) is 12.5 Å². The van der Waals surface area contributed by atoms with Gasteiger partial charge in [-0.2, -0.15) is 15.8 Å². The second-order valence-corrected chi connectivity index (χ2v) is 8.35. The van der Waals surface area contributed by atoms with Gasteiger partial charge in [-0.1, -0.05) is 60.1 Å². The largest absolute Gasteiger partial charge is 0.399 e. The molecule has 0 saturated carbocycles. The first-order valence-corrected chi connectivity index (χ1v) is 10.4. The molecule has 2 aromatic rings. The van der Waals surface area contributed by atoms with Crippen LogP contribution < -0.4 is 5.73 Å². The maximum Gasteiger partial charge on any atom is 0.191 e. The first-order chi connectivity index (χ1) is 15.0. The molecule has 152 valence electrons. The average molecular weight is 426 g/mol. The quantitative estimate of drug-likeness (QED) is 0.791. The Morgan fingerprint density at radius 1 is 1.06 bits per heavy atom. The molecule has 5 nitrogen and oxygen atoms in total. The van der Waals surface area contributed by atoms with Crippen LogP contribution in [0.25, 0.3) is 0 Å². The summed E-state index contributed by atoms with van der Waals surface area (Å²) in [6.07, 6.45) is 2.01. The van der Waals surface area contributed by atoms with Gasteiger partial charge in [0.15, 0.2) is 5.41 Å². The Balaban J connectivity index is 1.85. The van der Waals surface area contributed by atoms with E-state index >= 15 is 0 Å². The molecule has 0 fully saturated rings. The van der Waals surface area contributed by atoms with E-state index in [1.165, 1.54) is 5.56 Å². The van der Waals surface area contributed by atoms with Crippen molar-refractivity contribution in [2.75, 3.05) is 13.1 Å².